The van der Waals surface area contributed by atoms with E-state index in [1.807, 2.05) is 24.3 Å². The summed E-state index contributed by atoms with van der Waals surface area (Å²) in [5.41, 5.74) is 0.692. The number of H-pyrrole nitrogens is 3. The smallest absolute Gasteiger partial charge is 0.314 e. The van der Waals surface area contributed by atoms with Crippen LogP contribution in [0.4, 0.5) is 11.6 Å². The minimum Gasteiger partial charge on any atom is -0.352 e. The molecule has 0 radical (unpaired) electrons. The highest BCUT2D eigenvalue weighted by Crippen LogP contribution is 2.22. The first kappa shape index (κ1) is 15.6. The molecule has 4 rings (SSSR count). The number of para-hydroxylation sites is 2. The molecule has 0 aliphatic carbocycles. The number of benzene rings is 2. The molecule has 4 aromatic rings. The van der Waals surface area contributed by atoms with Crippen LogP contribution < -0.4 is 16.4 Å². The summed E-state index contributed by atoms with van der Waals surface area (Å²) in [6.07, 6.45) is 0. The Labute approximate surface area is 144 Å². The molecule has 0 unspecified atom stereocenters. The average Bonchev–Trinajstić information content (AvgIpc) is 3.03. The maximum absolute atomic E-state index is 11.6. The molecular weight excluding hydrogens is 340 g/mol. The average molecular weight is 352 g/mol. The summed E-state index contributed by atoms with van der Waals surface area (Å²) >= 11 is 0. The Balaban J connectivity index is 1.76. The van der Waals surface area contributed by atoms with Gasteiger partial charge in [-0.25, -0.2) is 4.98 Å². The van der Waals surface area contributed by atoms with E-state index < -0.39 is 16.0 Å². The summed E-state index contributed by atoms with van der Waals surface area (Å²) < 4.78 is 0. The number of aromatic nitrogens is 4. The number of imidazole rings is 1. The fraction of sp³-hybridized carbons (Fsp3) is 0.0625. The van der Waals surface area contributed by atoms with E-state index in [9.17, 15) is 19.7 Å². The van der Waals surface area contributed by atoms with Crippen LogP contribution in [-0.2, 0) is 6.54 Å². The molecule has 0 saturated carbocycles. The lowest BCUT2D eigenvalue weighted by Crippen LogP contribution is -2.29. The molecule has 0 amide bonds. The van der Waals surface area contributed by atoms with Gasteiger partial charge in [0.1, 0.15) is 0 Å². The fourth-order valence-electron chi connectivity index (χ4n) is 2.74. The van der Waals surface area contributed by atoms with Gasteiger partial charge in [-0.3, -0.25) is 19.7 Å². The Morgan fingerprint density at radius 1 is 1.04 bits per heavy atom. The monoisotopic (exact) mass is 352 g/mol. The SMILES string of the molecule is O=c1[nH]c2cc([N+](=O)[O-])cc(CNc3nc4ccccc4[nH]3)c2[nH]c1=O. The van der Waals surface area contributed by atoms with Gasteiger partial charge in [-0.05, 0) is 12.1 Å². The van der Waals surface area contributed by atoms with Crippen LogP contribution in [0.25, 0.3) is 22.1 Å². The van der Waals surface area contributed by atoms with E-state index in [1.165, 1.54) is 12.1 Å². The van der Waals surface area contributed by atoms with Crippen LogP contribution in [-0.4, -0.2) is 24.9 Å². The minimum atomic E-state index is -0.866. The number of fused-ring (bicyclic) bond motifs is 2. The van der Waals surface area contributed by atoms with E-state index >= 15 is 0 Å². The van der Waals surface area contributed by atoms with E-state index in [1.54, 1.807) is 0 Å². The molecule has 10 heteroatoms. The number of rotatable bonds is 4. The molecule has 0 fully saturated rings. The Morgan fingerprint density at radius 2 is 1.81 bits per heavy atom. The van der Waals surface area contributed by atoms with Crippen LogP contribution in [0.15, 0.2) is 46.0 Å². The maximum Gasteiger partial charge on any atom is 0.314 e. The first-order valence-electron chi connectivity index (χ1n) is 7.63. The van der Waals surface area contributed by atoms with Crippen LogP contribution >= 0.6 is 0 Å². The van der Waals surface area contributed by atoms with Gasteiger partial charge in [0.25, 0.3) is 5.69 Å². The second-order valence-corrected chi connectivity index (χ2v) is 5.65. The molecule has 0 saturated heterocycles. The van der Waals surface area contributed by atoms with E-state index in [4.69, 9.17) is 0 Å². The highest BCUT2D eigenvalue weighted by atomic mass is 16.6. The number of aromatic amines is 3. The van der Waals surface area contributed by atoms with Crippen molar-refractivity contribution in [1.29, 1.82) is 0 Å². The third-order valence-electron chi connectivity index (χ3n) is 3.94. The van der Waals surface area contributed by atoms with Crippen molar-refractivity contribution >= 4 is 33.7 Å². The number of hydrogen-bond donors (Lipinski definition) is 4. The number of nitro benzene ring substituents is 1. The molecule has 0 aliphatic heterocycles. The van der Waals surface area contributed by atoms with Gasteiger partial charge in [-0.15, -0.1) is 0 Å². The molecule has 4 N–H and O–H groups in total. The van der Waals surface area contributed by atoms with Crippen molar-refractivity contribution in [3.63, 3.8) is 0 Å². The maximum atomic E-state index is 11.6. The highest BCUT2D eigenvalue weighted by Gasteiger charge is 2.14. The number of nitrogens with one attached hydrogen (secondary N) is 4. The Kier molecular flexibility index (Phi) is 3.50. The molecule has 2 heterocycles. The molecule has 0 aliphatic rings. The quantitative estimate of drug-likeness (QED) is 0.249. The Morgan fingerprint density at radius 3 is 2.58 bits per heavy atom. The molecule has 0 atom stereocenters. The normalized spacial score (nSPS) is 11.1. The third kappa shape index (κ3) is 2.69. The van der Waals surface area contributed by atoms with Gasteiger partial charge in [0.05, 0.1) is 27.0 Å². The molecule has 26 heavy (non-hydrogen) atoms. The number of hydrogen-bond acceptors (Lipinski definition) is 6. The van der Waals surface area contributed by atoms with Gasteiger partial charge in [-0.1, -0.05) is 12.1 Å². The van der Waals surface area contributed by atoms with Crippen molar-refractivity contribution in [2.45, 2.75) is 6.54 Å². The van der Waals surface area contributed by atoms with Gasteiger partial charge in [0.15, 0.2) is 0 Å². The molecule has 0 bridgehead atoms. The first-order chi connectivity index (χ1) is 12.5. The second-order valence-electron chi connectivity index (χ2n) is 5.65. The number of nitrogens with zero attached hydrogens (tertiary/aromatic N) is 2. The lowest BCUT2D eigenvalue weighted by molar-refractivity contribution is -0.384. The van der Waals surface area contributed by atoms with Crippen molar-refractivity contribution in [3.05, 3.63) is 72.8 Å². The topological polar surface area (TPSA) is 150 Å². The van der Waals surface area contributed by atoms with Crippen molar-refractivity contribution in [2.75, 3.05) is 5.32 Å². The molecule has 0 spiro atoms. The lowest BCUT2D eigenvalue weighted by Gasteiger charge is -2.07. The standard InChI is InChI=1S/C16H12N6O4/c23-14-15(24)21-13-8(5-9(22(25)26)6-12(13)18-14)7-17-16-19-10-3-1-2-4-11(10)20-16/h1-6H,7H2,(H,18,23)(H,21,24)(H2,17,19,20). The van der Waals surface area contributed by atoms with E-state index in [-0.39, 0.29) is 17.7 Å². The van der Waals surface area contributed by atoms with E-state index in [0.717, 1.165) is 11.0 Å². The van der Waals surface area contributed by atoms with Gasteiger partial charge < -0.3 is 20.3 Å². The van der Waals surface area contributed by atoms with Gasteiger partial charge >= 0.3 is 11.1 Å². The third-order valence-corrected chi connectivity index (χ3v) is 3.94. The highest BCUT2D eigenvalue weighted by molar-refractivity contribution is 5.81. The molecule has 2 aromatic carbocycles. The van der Waals surface area contributed by atoms with Crippen molar-refractivity contribution < 1.29 is 4.92 Å². The number of non-ortho nitro benzene ring substituents is 1. The second kappa shape index (κ2) is 5.84. The van der Waals surface area contributed by atoms with Crippen LogP contribution in [0.3, 0.4) is 0 Å². The predicted molar refractivity (Wildman–Crippen MR) is 95.3 cm³/mol. The van der Waals surface area contributed by atoms with E-state index in [0.29, 0.717) is 17.0 Å². The summed E-state index contributed by atoms with van der Waals surface area (Å²) in [7, 11) is 0. The van der Waals surface area contributed by atoms with Gasteiger partial charge in [0.2, 0.25) is 5.95 Å². The van der Waals surface area contributed by atoms with Crippen LogP contribution in [0, 0.1) is 10.1 Å². The largest absolute Gasteiger partial charge is 0.352 e. The van der Waals surface area contributed by atoms with Gasteiger partial charge in [0, 0.05) is 24.2 Å². The van der Waals surface area contributed by atoms with Crippen LogP contribution in [0.5, 0.6) is 0 Å². The summed E-state index contributed by atoms with van der Waals surface area (Å²) in [5, 5.41) is 14.2. The first-order valence-corrected chi connectivity index (χ1v) is 7.63. The Bertz CT molecular complexity index is 1240. The fourth-order valence-corrected chi connectivity index (χ4v) is 2.74. The molecule has 10 nitrogen and oxygen atoms in total. The zero-order chi connectivity index (χ0) is 18.3. The summed E-state index contributed by atoms with van der Waals surface area (Å²) in [6, 6.07) is 10.0. The minimum absolute atomic E-state index is 0.153. The Hall–Kier alpha value is -3.95. The molecular formula is C16H12N6O4. The van der Waals surface area contributed by atoms with Crippen LogP contribution in [0.2, 0.25) is 0 Å². The lowest BCUT2D eigenvalue weighted by atomic mass is 10.1. The summed E-state index contributed by atoms with van der Waals surface area (Å²) in [5.74, 6) is 0.484. The predicted octanol–water partition coefficient (Wildman–Crippen LogP) is 1.61. The van der Waals surface area contributed by atoms with Crippen molar-refractivity contribution in [3.8, 4) is 0 Å². The van der Waals surface area contributed by atoms with Crippen molar-refractivity contribution in [2.24, 2.45) is 0 Å². The zero-order valence-electron chi connectivity index (χ0n) is 13.2. The van der Waals surface area contributed by atoms with E-state index in [2.05, 4.69) is 25.3 Å². The summed E-state index contributed by atoms with van der Waals surface area (Å²) in [6.45, 7) is 0.153. The molecule has 2 aromatic heterocycles. The molecule has 130 valence electrons. The van der Waals surface area contributed by atoms with Gasteiger partial charge in [-0.2, -0.15) is 0 Å². The number of anilines is 1. The zero-order valence-corrected chi connectivity index (χ0v) is 13.2. The number of nitro groups is 1. The van der Waals surface area contributed by atoms with Crippen molar-refractivity contribution in [1.82, 2.24) is 19.9 Å². The van der Waals surface area contributed by atoms with Crippen LogP contribution in [0.1, 0.15) is 5.56 Å². The summed E-state index contributed by atoms with van der Waals surface area (Å²) in [4.78, 5) is 46.0.